The Bertz CT molecular complexity index is 1850. The van der Waals surface area contributed by atoms with E-state index in [1.54, 1.807) is 0 Å². The fourth-order valence-corrected chi connectivity index (χ4v) is 12.9. The third-order valence-corrected chi connectivity index (χ3v) is 19.9. The van der Waals surface area contributed by atoms with Crippen molar-refractivity contribution in [2.24, 2.45) is 23.7 Å². The first-order chi connectivity index (χ1) is 45.2. The Morgan fingerprint density at radius 1 is 0.298 bits per heavy atom. The van der Waals surface area contributed by atoms with Gasteiger partial charge in [-0.25, -0.2) is 9.13 Å². The maximum atomic E-state index is 13.1. The molecule has 3 N–H and O–H groups in total. The molecule has 0 heterocycles. The first kappa shape index (κ1) is 92.1. The molecule has 17 nitrogen and oxygen atoms in total. The highest BCUT2D eigenvalue weighted by Crippen LogP contribution is 2.45. The summed E-state index contributed by atoms with van der Waals surface area (Å²) in [6, 6.07) is 0. The lowest BCUT2D eigenvalue weighted by Gasteiger charge is -2.21. The van der Waals surface area contributed by atoms with Gasteiger partial charge in [0.05, 0.1) is 26.4 Å². The van der Waals surface area contributed by atoms with Gasteiger partial charge in [0, 0.05) is 25.7 Å². The summed E-state index contributed by atoms with van der Waals surface area (Å²) in [6.45, 7) is 14.2. The second-order valence-corrected chi connectivity index (χ2v) is 31.4. The number of hydrogen-bond acceptors (Lipinski definition) is 15. The normalized spacial score (nSPS) is 14.7. The number of esters is 4. The second kappa shape index (κ2) is 64.4. The lowest BCUT2D eigenvalue weighted by Crippen LogP contribution is -2.30. The summed E-state index contributed by atoms with van der Waals surface area (Å²) < 4.78 is 68.4. The third-order valence-electron chi connectivity index (χ3n) is 18.0. The van der Waals surface area contributed by atoms with E-state index in [0.29, 0.717) is 31.6 Å². The molecule has 0 aliphatic rings. The number of rotatable bonds is 72. The van der Waals surface area contributed by atoms with Crippen LogP contribution in [0.3, 0.4) is 0 Å². The molecule has 0 spiro atoms. The smallest absolute Gasteiger partial charge is 0.462 e. The molecule has 0 rings (SSSR count). The highest BCUT2D eigenvalue weighted by Gasteiger charge is 2.30. The fourth-order valence-electron chi connectivity index (χ4n) is 11.3. The number of aliphatic hydroxyl groups excluding tert-OH is 1. The van der Waals surface area contributed by atoms with Gasteiger partial charge in [0.1, 0.15) is 19.3 Å². The molecule has 4 unspecified atom stereocenters. The number of carbonyl (C=O) groups excluding carboxylic acids is 4. The first-order valence-corrected chi connectivity index (χ1v) is 41.8. The molecular formula is C75H146O17P2. The van der Waals surface area contributed by atoms with Crippen LogP contribution in [0.1, 0.15) is 376 Å². The van der Waals surface area contributed by atoms with E-state index in [2.05, 4.69) is 55.4 Å². The molecule has 94 heavy (non-hydrogen) atoms. The van der Waals surface area contributed by atoms with Gasteiger partial charge in [-0.3, -0.25) is 37.3 Å². The minimum atomic E-state index is -4.96. The van der Waals surface area contributed by atoms with E-state index in [0.717, 1.165) is 114 Å². The zero-order valence-electron chi connectivity index (χ0n) is 61.6. The van der Waals surface area contributed by atoms with Crippen molar-refractivity contribution in [1.29, 1.82) is 0 Å². The van der Waals surface area contributed by atoms with Crippen LogP contribution in [-0.2, 0) is 65.4 Å². The molecule has 0 saturated carbocycles. The van der Waals surface area contributed by atoms with Crippen LogP contribution in [0.2, 0.25) is 0 Å². The molecule has 0 aromatic heterocycles. The highest BCUT2D eigenvalue weighted by atomic mass is 31.2. The summed E-state index contributed by atoms with van der Waals surface area (Å²) in [6.07, 6.45) is 48.6. The van der Waals surface area contributed by atoms with E-state index in [1.165, 1.54) is 173 Å². The molecule has 0 aliphatic carbocycles. The topological polar surface area (TPSA) is 237 Å². The summed E-state index contributed by atoms with van der Waals surface area (Å²) >= 11 is 0. The number of aliphatic hydroxyl groups is 1. The molecule has 0 fully saturated rings. The Hall–Kier alpha value is -1.94. The van der Waals surface area contributed by atoms with Crippen LogP contribution in [0.25, 0.3) is 0 Å². The van der Waals surface area contributed by atoms with Crippen LogP contribution in [0.15, 0.2) is 0 Å². The molecule has 0 saturated heterocycles. The van der Waals surface area contributed by atoms with Crippen molar-refractivity contribution in [3.8, 4) is 0 Å². The lowest BCUT2D eigenvalue weighted by molar-refractivity contribution is -0.161. The van der Waals surface area contributed by atoms with Crippen molar-refractivity contribution in [2.75, 3.05) is 39.6 Å². The van der Waals surface area contributed by atoms with Crippen molar-refractivity contribution < 1.29 is 80.2 Å². The van der Waals surface area contributed by atoms with E-state index in [4.69, 9.17) is 37.0 Å². The van der Waals surface area contributed by atoms with Gasteiger partial charge < -0.3 is 33.8 Å². The first-order valence-electron chi connectivity index (χ1n) is 38.8. The molecule has 0 radical (unpaired) electrons. The van der Waals surface area contributed by atoms with Crippen LogP contribution < -0.4 is 0 Å². The Morgan fingerprint density at radius 2 is 0.511 bits per heavy atom. The van der Waals surface area contributed by atoms with Gasteiger partial charge in [0.15, 0.2) is 12.2 Å². The van der Waals surface area contributed by atoms with E-state index in [1.807, 2.05) is 0 Å². The number of unbranched alkanes of at least 4 members (excludes halogenated alkanes) is 36. The molecule has 0 aromatic carbocycles. The van der Waals surface area contributed by atoms with E-state index >= 15 is 0 Å². The molecule has 0 aliphatic heterocycles. The fraction of sp³-hybridized carbons (Fsp3) is 0.947. The summed E-state index contributed by atoms with van der Waals surface area (Å²) in [5.74, 6) is 0.942. The van der Waals surface area contributed by atoms with Crippen LogP contribution in [0, 0.1) is 23.7 Å². The van der Waals surface area contributed by atoms with Gasteiger partial charge in [-0.2, -0.15) is 0 Å². The van der Waals surface area contributed by atoms with Crippen LogP contribution in [0.5, 0.6) is 0 Å². The SMILES string of the molecule is CCC(C)CCCCCCCCCCCCC(=O)OC[C@H](COP(=O)(O)OC[C@@H](O)COP(=O)(O)OC[C@@H](COC(=O)CCCCCCCCC(C)C)OC(=O)CCCCCCCCCCC(C)CC)OC(=O)CCCCCCCCCCCCCCCCCCC(C)C. The van der Waals surface area contributed by atoms with Crippen molar-refractivity contribution in [3.05, 3.63) is 0 Å². The summed E-state index contributed by atoms with van der Waals surface area (Å²) in [4.78, 5) is 72.7. The van der Waals surface area contributed by atoms with Gasteiger partial charge in [-0.15, -0.1) is 0 Å². The number of carbonyl (C=O) groups is 4. The largest absolute Gasteiger partial charge is 0.472 e. The van der Waals surface area contributed by atoms with Crippen molar-refractivity contribution in [1.82, 2.24) is 0 Å². The van der Waals surface area contributed by atoms with Crippen LogP contribution in [0.4, 0.5) is 0 Å². The van der Waals surface area contributed by atoms with Gasteiger partial charge >= 0.3 is 39.5 Å². The predicted molar refractivity (Wildman–Crippen MR) is 381 cm³/mol. The Morgan fingerprint density at radius 3 is 0.755 bits per heavy atom. The van der Waals surface area contributed by atoms with E-state index in [-0.39, 0.29) is 25.7 Å². The molecule has 0 bridgehead atoms. The standard InChI is InChI=1S/C75H146O17P2/c1-9-67(7)53-45-37-28-22-19-20-23-30-39-47-55-72(77)85-61-70(91-74(79)57-49-41-31-24-18-16-14-12-11-13-15-17-21-27-35-43-51-65(3)4)63-89-93(81,82)87-59-69(76)60-88-94(83,84)90-64-71(62-86-73(78)56-48-40-34-33-36-44-52-66(5)6)92-75(80)58-50-42-32-26-25-29-38-46-54-68(8)10-2/h65-71,76H,9-64H2,1-8H3,(H,81,82)(H,83,84)/t67?,68?,69-,70-,71-/m1/s1. The van der Waals surface area contributed by atoms with Gasteiger partial charge in [0.2, 0.25) is 0 Å². The van der Waals surface area contributed by atoms with Gasteiger partial charge in [-0.05, 0) is 49.4 Å². The van der Waals surface area contributed by atoms with Crippen molar-refractivity contribution in [3.63, 3.8) is 0 Å². The average Bonchev–Trinajstić information content (AvgIpc) is 1.39. The summed E-state index contributed by atoms with van der Waals surface area (Å²) in [7, 11) is -9.91. The third kappa shape index (κ3) is 66.0. The molecule has 558 valence electrons. The van der Waals surface area contributed by atoms with Crippen LogP contribution in [-0.4, -0.2) is 96.7 Å². The van der Waals surface area contributed by atoms with Gasteiger partial charge in [-0.1, -0.05) is 325 Å². The predicted octanol–water partition coefficient (Wildman–Crippen LogP) is 21.7. The monoisotopic (exact) mass is 1380 g/mol. The molecule has 7 atom stereocenters. The maximum Gasteiger partial charge on any atom is 0.472 e. The molecule has 0 amide bonds. The van der Waals surface area contributed by atoms with Gasteiger partial charge in [0.25, 0.3) is 0 Å². The molecule has 0 aromatic rings. The number of phosphoric acid groups is 2. The number of phosphoric ester groups is 2. The Labute approximate surface area is 575 Å². The Balaban J connectivity index is 5.24. The van der Waals surface area contributed by atoms with Crippen molar-refractivity contribution in [2.45, 2.75) is 395 Å². The summed E-state index contributed by atoms with van der Waals surface area (Å²) in [5.41, 5.74) is 0. The molecular weight excluding hydrogens is 1230 g/mol. The maximum absolute atomic E-state index is 13.1. The minimum Gasteiger partial charge on any atom is -0.462 e. The van der Waals surface area contributed by atoms with Crippen LogP contribution >= 0.6 is 15.6 Å². The number of ether oxygens (including phenoxy) is 4. The molecule has 19 heteroatoms. The second-order valence-electron chi connectivity index (χ2n) is 28.5. The summed E-state index contributed by atoms with van der Waals surface area (Å²) in [5, 5.41) is 10.6. The highest BCUT2D eigenvalue weighted by molar-refractivity contribution is 7.47. The average molecular weight is 1380 g/mol. The van der Waals surface area contributed by atoms with Crippen molar-refractivity contribution >= 4 is 39.5 Å². The van der Waals surface area contributed by atoms with E-state index < -0.39 is 97.5 Å². The Kier molecular flexibility index (Phi) is 63.1. The lowest BCUT2D eigenvalue weighted by atomic mass is 9.99. The minimum absolute atomic E-state index is 0.104. The van der Waals surface area contributed by atoms with E-state index in [9.17, 15) is 43.2 Å². The zero-order valence-corrected chi connectivity index (χ0v) is 63.4. The number of hydrogen-bond donors (Lipinski definition) is 3. The quantitative estimate of drug-likeness (QED) is 0.0222. The zero-order chi connectivity index (χ0) is 69.6.